The van der Waals surface area contributed by atoms with Crippen molar-refractivity contribution >= 4 is 23.2 Å². The lowest BCUT2D eigenvalue weighted by molar-refractivity contribution is -0.115. The maximum atomic E-state index is 13.2. The largest absolute Gasteiger partial charge is 0.339 e. The van der Waals surface area contributed by atoms with E-state index in [1.165, 1.54) is 6.92 Å². The SMILES string of the molecule is C=C(CCF)C(=O)N(CCCCCc1nc(C2CC2)no1)c1cccc(-c2cccc(NC(C)=O)c2)c1. The number of halogens is 1. The number of alkyl halides is 1. The molecule has 0 saturated heterocycles. The third-order valence-corrected chi connectivity index (χ3v) is 6.32. The first-order valence-corrected chi connectivity index (χ1v) is 12.8. The molecule has 1 aromatic heterocycles. The van der Waals surface area contributed by atoms with Crippen molar-refractivity contribution in [3.05, 3.63) is 72.4 Å². The van der Waals surface area contributed by atoms with E-state index in [2.05, 4.69) is 22.0 Å². The standard InChI is InChI=1S/C29H33FN4O3/c1-20(15-16-30)29(36)34(17-5-3-4-12-27-32-28(33-37-27)22-13-14-22)26-11-7-9-24(19-26)23-8-6-10-25(18-23)31-21(2)35/h6-11,18-19,22H,1,3-5,12-17H2,2H3,(H,31,35). The molecule has 1 saturated carbocycles. The fourth-order valence-electron chi connectivity index (χ4n) is 4.19. The van der Waals surface area contributed by atoms with Crippen molar-refractivity contribution in [1.29, 1.82) is 0 Å². The molecular formula is C29H33FN4O3. The van der Waals surface area contributed by atoms with Crippen molar-refractivity contribution in [2.45, 2.75) is 57.8 Å². The Kier molecular flexibility index (Phi) is 8.82. The zero-order chi connectivity index (χ0) is 26.2. The number of carbonyl (C=O) groups excluding carboxylic acids is 2. The van der Waals surface area contributed by atoms with Crippen LogP contribution in [0.4, 0.5) is 15.8 Å². The summed E-state index contributed by atoms with van der Waals surface area (Å²) in [6.07, 6.45) is 5.50. The Balaban J connectivity index is 1.43. The van der Waals surface area contributed by atoms with Gasteiger partial charge in [-0.15, -0.1) is 0 Å². The molecule has 3 aromatic rings. The number of unbranched alkanes of at least 4 members (excludes halogenated alkanes) is 2. The molecule has 2 aromatic carbocycles. The molecule has 194 valence electrons. The van der Waals surface area contributed by atoms with Gasteiger partial charge in [0, 0.05) is 49.2 Å². The summed E-state index contributed by atoms with van der Waals surface area (Å²) in [6, 6.07) is 15.2. The second-order valence-corrected chi connectivity index (χ2v) is 9.44. The number of aryl methyl sites for hydroxylation is 1. The first-order valence-electron chi connectivity index (χ1n) is 12.8. The van der Waals surface area contributed by atoms with Crippen molar-refractivity contribution in [2.24, 2.45) is 0 Å². The van der Waals surface area contributed by atoms with E-state index >= 15 is 0 Å². The highest BCUT2D eigenvalue weighted by Crippen LogP contribution is 2.38. The Morgan fingerprint density at radius 2 is 1.86 bits per heavy atom. The maximum absolute atomic E-state index is 13.2. The predicted molar refractivity (Wildman–Crippen MR) is 142 cm³/mol. The minimum Gasteiger partial charge on any atom is -0.339 e. The van der Waals surface area contributed by atoms with Crippen LogP contribution < -0.4 is 10.2 Å². The van der Waals surface area contributed by atoms with Crippen LogP contribution in [0.25, 0.3) is 11.1 Å². The molecule has 0 bridgehead atoms. The second-order valence-electron chi connectivity index (χ2n) is 9.44. The zero-order valence-corrected chi connectivity index (χ0v) is 21.2. The van der Waals surface area contributed by atoms with E-state index in [0.29, 0.717) is 30.5 Å². The number of hydrogen-bond acceptors (Lipinski definition) is 5. The van der Waals surface area contributed by atoms with E-state index in [0.717, 1.165) is 54.7 Å². The third kappa shape index (κ3) is 7.35. The summed E-state index contributed by atoms with van der Waals surface area (Å²) in [6.45, 7) is 5.14. The van der Waals surface area contributed by atoms with Gasteiger partial charge in [0.15, 0.2) is 5.82 Å². The van der Waals surface area contributed by atoms with Crippen LogP contribution in [-0.2, 0) is 16.0 Å². The Morgan fingerprint density at radius 1 is 1.11 bits per heavy atom. The number of carbonyl (C=O) groups is 2. The van der Waals surface area contributed by atoms with Crippen molar-refractivity contribution in [3.63, 3.8) is 0 Å². The average Bonchev–Trinajstić information content (AvgIpc) is 3.64. The van der Waals surface area contributed by atoms with Crippen LogP contribution in [0.15, 0.2) is 65.2 Å². The molecular weight excluding hydrogens is 471 g/mol. The summed E-state index contributed by atoms with van der Waals surface area (Å²) in [5, 5.41) is 6.85. The van der Waals surface area contributed by atoms with Gasteiger partial charge < -0.3 is 14.7 Å². The molecule has 4 rings (SSSR count). The molecule has 1 N–H and O–H groups in total. The molecule has 1 heterocycles. The summed E-state index contributed by atoms with van der Waals surface area (Å²) < 4.78 is 18.3. The lowest BCUT2D eigenvalue weighted by atomic mass is 10.0. The highest BCUT2D eigenvalue weighted by molar-refractivity contribution is 6.05. The second kappa shape index (κ2) is 12.4. The van der Waals surface area contributed by atoms with Crippen LogP contribution >= 0.6 is 0 Å². The lowest BCUT2D eigenvalue weighted by Gasteiger charge is -2.24. The van der Waals surface area contributed by atoms with Gasteiger partial charge in [-0.05, 0) is 61.1 Å². The van der Waals surface area contributed by atoms with Crippen LogP contribution in [0.3, 0.4) is 0 Å². The fourth-order valence-corrected chi connectivity index (χ4v) is 4.19. The van der Waals surface area contributed by atoms with Crippen molar-refractivity contribution < 1.29 is 18.5 Å². The van der Waals surface area contributed by atoms with Gasteiger partial charge in [-0.3, -0.25) is 14.0 Å². The van der Waals surface area contributed by atoms with E-state index in [9.17, 15) is 14.0 Å². The first-order chi connectivity index (χ1) is 17.9. The van der Waals surface area contributed by atoms with Crippen molar-refractivity contribution in [2.75, 3.05) is 23.4 Å². The number of anilines is 2. The van der Waals surface area contributed by atoms with Gasteiger partial charge in [0.05, 0.1) is 6.67 Å². The van der Waals surface area contributed by atoms with E-state index in [-0.39, 0.29) is 23.8 Å². The molecule has 0 atom stereocenters. The molecule has 0 aliphatic heterocycles. The number of hydrogen-bond donors (Lipinski definition) is 1. The van der Waals surface area contributed by atoms with Gasteiger partial charge in [0.25, 0.3) is 5.91 Å². The van der Waals surface area contributed by atoms with Gasteiger partial charge >= 0.3 is 0 Å². The summed E-state index contributed by atoms with van der Waals surface area (Å²) in [4.78, 5) is 30.8. The van der Waals surface area contributed by atoms with E-state index in [1.807, 2.05) is 48.5 Å². The number of nitrogens with zero attached hydrogens (tertiary/aromatic N) is 3. The summed E-state index contributed by atoms with van der Waals surface area (Å²) >= 11 is 0. The Labute approximate surface area is 216 Å². The number of amides is 2. The summed E-state index contributed by atoms with van der Waals surface area (Å²) in [5.41, 5.74) is 3.48. The minimum atomic E-state index is -0.624. The fraction of sp³-hybridized carbons (Fsp3) is 0.379. The number of benzene rings is 2. The smallest absolute Gasteiger partial charge is 0.253 e. The molecule has 1 fully saturated rings. The number of nitrogens with one attached hydrogen (secondary N) is 1. The molecule has 0 unspecified atom stereocenters. The van der Waals surface area contributed by atoms with Gasteiger partial charge in [-0.1, -0.05) is 42.4 Å². The van der Waals surface area contributed by atoms with Gasteiger partial charge in [-0.2, -0.15) is 4.98 Å². The molecule has 0 radical (unpaired) electrons. The summed E-state index contributed by atoms with van der Waals surface area (Å²) in [5.74, 6) is 1.54. The van der Waals surface area contributed by atoms with E-state index in [1.54, 1.807) is 4.90 Å². The van der Waals surface area contributed by atoms with Crippen LogP contribution in [-0.4, -0.2) is 35.2 Å². The van der Waals surface area contributed by atoms with Crippen LogP contribution in [0.5, 0.6) is 0 Å². The monoisotopic (exact) mass is 504 g/mol. The average molecular weight is 505 g/mol. The van der Waals surface area contributed by atoms with Gasteiger partial charge in [0.2, 0.25) is 11.8 Å². The predicted octanol–water partition coefficient (Wildman–Crippen LogP) is 6.23. The minimum absolute atomic E-state index is 0.00821. The maximum Gasteiger partial charge on any atom is 0.253 e. The molecule has 8 heteroatoms. The molecule has 1 aliphatic carbocycles. The highest BCUT2D eigenvalue weighted by Gasteiger charge is 2.28. The normalized spacial score (nSPS) is 12.8. The molecule has 1 aliphatic rings. The first kappa shape index (κ1) is 26.3. The van der Waals surface area contributed by atoms with Crippen LogP contribution in [0, 0.1) is 0 Å². The lowest BCUT2D eigenvalue weighted by Crippen LogP contribution is -2.33. The Morgan fingerprint density at radius 3 is 2.59 bits per heavy atom. The van der Waals surface area contributed by atoms with Gasteiger partial charge in [-0.25, -0.2) is 0 Å². The Bertz CT molecular complexity index is 1250. The van der Waals surface area contributed by atoms with Crippen molar-refractivity contribution in [1.82, 2.24) is 10.1 Å². The van der Waals surface area contributed by atoms with E-state index in [4.69, 9.17) is 4.52 Å². The summed E-state index contributed by atoms with van der Waals surface area (Å²) in [7, 11) is 0. The van der Waals surface area contributed by atoms with E-state index < -0.39 is 6.67 Å². The molecule has 2 amide bonds. The Hall–Kier alpha value is -3.81. The third-order valence-electron chi connectivity index (χ3n) is 6.32. The molecule has 7 nitrogen and oxygen atoms in total. The van der Waals surface area contributed by atoms with Crippen LogP contribution in [0.2, 0.25) is 0 Å². The zero-order valence-electron chi connectivity index (χ0n) is 21.2. The highest BCUT2D eigenvalue weighted by atomic mass is 19.1. The van der Waals surface area contributed by atoms with Crippen LogP contribution in [0.1, 0.15) is 63.1 Å². The topological polar surface area (TPSA) is 88.3 Å². The number of aromatic nitrogens is 2. The van der Waals surface area contributed by atoms with Gasteiger partial charge in [0.1, 0.15) is 0 Å². The molecule has 0 spiro atoms. The number of rotatable bonds is 13. The molecule has 37 heavy (non-hydrogen) atoms. The van der Waals surface area contributed by atoms with Crippen molar-refractivity contribution in [3.8, 4) is 11.1 Å². The quantitative estimate of drug-likeness (QED) is 0.220.